The van der Waals surface area contributed by atoms with Crippen LogP contribution in [0.15, 0.2) is 120 Å². The first-order valence-corrected chi connectivity index (χ1v) is 25.8. The number of hydrogen-bond acceptors (Lipinski definition) is 3. The Labute approximate surface area is 404 Å². The van der Waals surface area contributed by atoms with Gasteiger partial charge in [0.1, 0.15) is 11.2 Å². The molecule has 3 nitrogen and oxygen atoms in total. The van der Waals surface area contributed by atoms with Gasteiger partial charge in [-0.3, -0.25) is 0 Å². The zero-order valence-electron chi connectivity index (χ0n) is 41.7. The number of furan rings is 1. The summed E-state index contributed by atoms with van der Waals surface area (Å²) >= 11 is 1.92. The Balaban J connectivity index is 1.25. The van der Waals surface area contributed by atoms with Gasteiger partial charge in [-0.1, -0.05) is 144 Å². The summed E-state index contributed by atoms with van der Waals surface area (Å²) in [5.74, 6) is 0. The predicted octanol–water partition coefficient (Wildman–Crippen LogP) is 16.4. The van der Waals surface area contributed by atoms with Gasteiger partial charge in [0.25, 0.3) is 0 Å². The molecule has 7 aromatic carbocycles. The van der Waals surface area contributed by atoms with Crippen LogP contribution in [0.4, 0.5) is 11.4 Å². The Kier molecular flexibility index (Phi) is 7.70. The van der Waals surface area contributed by atoms with Crippen LogP contribution in [0.2, 0.25) is 0 Å². The summed E-state index contributed by atoms with van der Waals surface area (Å²) < 4.78 is 13.0. The van der Waals surface area contributed by atoms with Crippen LogP contribution in [0.5, 0.6) is 0 Å². The number of hydrogen-bond donors (Lipinski definition) is 0. The second kappa shape index (κ2) is 12.8. The molecule has 0 atom stereocenters. The zero-order chi connectivity index (χ0) is 46.9. The first kappa shape index (κ1) is 41.0. The quantitative estimate of drug-likeness (QED) is 0.153. The average Bonchev–Trinajstić information content (AvgIpc) is 4.02. The molecule has 4 aliphatic rings. The Morgan fingerprint density at radius 1 is 0.588 bits per heavy atom. The van der Waals surface area contributed by atoms with E-state index in [0.717, 1.165) is 17.7 Å². The third kappa shape index (κ3) is 5.11. The molecule has 0 saturated carbocycles. The Morgan fingerprint density at radius 2 is 1.26 bits per heavy atom. The molecule has 0 N–H and O–H groups in total. The molecule has 2 aliphatic carbocycles. The number of fused-ring (bicyclic) bond motifs is 19. The van der Waals surface area contributed by atoms with Gasteiger partial charge < -0.3 is 13.8 Å². The van der Waals surface area contributed by atoms with Crippen molar-refractivity contribution in [2.45, 2.75) is 123 Å². The summed E-state index contributed by atoms with van der Waals surface area (Å²) in [7, 11) is 0. The van der Waals surface area contributed by atoms with Crippen molar-refractivity contribution in [2.24, 2.45) is 0 Å². The third-order valence-corrected chi connectivity index (χ3v) is 18.4. The number of rotatable bonds is 1. The molecule has 0 amide bonds. The molecule has 0 radical (unpaired) electrons. The topological polar surface area (TPSA) is 21.3 Å². The molecule has 0 spiro atoms. The Bertz CT molecular complexity index is 3910. The van der Waals surface area contributed by atoms with E-state index in [4.69, 9.17) is 4.42 Å². The molecule has 0 unspecified atom stereocenters. The Hall–Kier alpha value is -6.04. The molecule has 0 fully saturated rings. The fourth-order valence-electron chi connectivity index (χ4n) is 13.5. The van der Waals surface area contributed by atoms with Gasteiger partial charge in [-0.25, -0.2) is 0 Å². The van der Waals surface area contributed by atoms with E-state index in [2.05, 4.69) is 208 Å². The van der Waals surface area contributed by atoms with Crippen LogP contribution in [-0.2, 0) is 27.1 Å². The number of aromatic nitrogens is 1. The predicted molar refractivity (Wildman–Crippen MR) is 293 cm³/mol. The number of benzene rings is 7. The molecule has 5 heteroatoms. The molecule has 14 rings (SSSR count). The first-order valence-electron chi connectivity index (χ1n) is 25.0. The molecule has 0 bridgehead atoms. The normalized spacial score (nSPS) is 17.3. The van der Waals surface area contributed by atoms with Crippen LogP contribution in [0.1, 0.15) is 129 Å². The fourth-order valence-corrected chi connectivity index (χ4v) is 14.6. The summed E-state index contributed by atoms with van der Waals surface area (Å²) in [6.45, 7) is 28.6. The summed E-state index contributed by atoms with van der Waals surface area (Å²) in [6, 6.07) is 45.2. The third-order valence-electron chi connectivity index (χ3n) is 17.3. The van der Waals surface area contributed by atoms with E-state index in [1.165, 1.54) is 132 Å². The van der Waals surface area contributed by atoms with E-state index in [1.807, 2.05) is 11.3 Å². The Morgan fingerprint density at radius 3 is 2.00 bits per heavy atom. The van der Waals surface area contributed by atoms with E-state index < -0.39 is 0 Å². The average molecular weight is 903 g/mol. The lowest BCUT2D eigenvalue weighted by Gasteiger charge is -2.42. The summed E-state index contributed by atoms with van der Waals surface area (Å²) in [5, 5.41) is 6.58. The molecule has 5 heterocycles. The van der Waals surface area contributed by atoms with E-state index in [-0.39, 0.29) is 33.9 Å². The lowest BCUT2D eigenvalue weighted by molar-refractivity contribution is 0.332. The summed E-state index contributed by atoms with van der Waals surface area (Å²) in [6.07, 6.45) is 2.33. The number of thiophene rings is 1. The highest BCUT2D eigenvalue weighted by atomic mass is 32.1. The lowest BCUT2D eigenvalue weighted by atomic mass is 9.45. The fraction of sp³-hybridized carbons (Fsp3) is 0.302. The van der Waals surface area contributed by atoms with Crippen molar-refractivity contribution in [2.75, 3.05) is 4.81 Å². The van der Waals surface area contributed by atoms with Crippen LogP contribution in [0, 0.1) is 0 Å². The van der Waals surface area contributed by atoms with Crippen molar-refractivity contribution in [3.8, 4) is 27.9 Å². The number of anilines is 2. The van der Waals surface area contributed by atoms with Crippen molar-refractivity contribution in [1.29, 1.82) is 0 Å². The zero-order valence-corrected chi connectivity index (χ0v) is 42.5. The monoisotopic (exact) mass is 902 g/mol. The first-order chi connectivity index (χ1) is 32.2. The maximum absolute atomic E-state index is 7.60. The van der Waals surface area contributed by atoms with Gasteiger partial charge in [-0.2, -0.15) is 0 Å². The maximum atomic E-state index is 7.60. The molecule has 68 heavy (non-hydrogen) atoms. The van der Waals surface area contributed by atoms with Crippen LogP contribution < -0.4 is 15.9 Å². The van der Waals surface area contributed by atoms with Gasteiger partial charge >= 0.3 is 6.85 Å². The second-order valence-corrected chi connectivity index (χ2v) is 25.8. The van der Waals surface area contributed by atoms with E-state index >= 15 is 0 Å². The largest absolute Gasteiger partial charge is 0.466 e. The highest BCUT2D eigenvalue weighted by Gasteiger charge is 2.52. The van der Waals surface area contributed by atoms with Crippen molar-refractivity contribution < 1.29 is 4.42 Å². The summed E-state index contributed by atoms with van der Waals surface area (Å²) in [4.78, 5) is 2.68. The standard InChI is InChI=1S/C63H59BN2OS/c1-59(2,3)34-21-24-36(25-22-34)66-47-31-39-37-17-14-16-20-49(37)68-50(39)32-41(47)52-51-38-18-13-15-19-43(38)63(11,12)54(51)53-40-30-44-45(62(9,10)28-27-61(44,7)8)33-46(40)65-56-42-29-35(60(4,5)6)23-26-48(42)67-58(56)64(66)55(52)57(53)65/h13-26,29-33H,27-28H2,1-12H3. The van der Waals surface area contributed by atoms with E-state index in [0.29, 0.717) is 0 Å². The highest BCUT2D eigenvalue weighted by molar-refractivity contribution is 7.25. The molecule has 0 saturated heterocycles. The number of nitrogens with zero attached hydrogens (tertiary/aromatic N) is 2. The van der Waals surface area contributed by atoms with Gasteiger partial charge in [0.15, 0.2) is 0 Å². The van der Waals surface area contributed by atoms with Gasteiger partial charge in [-0.15, -0.1) is 11.3 Å². The summed E-state index contributed by atoms with van der Waals surface area (Å²) in [5.41, 5.74) is 23.3. The van der Waals surface area contributed by atoms with Crippen LogP contribution in [0.25, 0.3) is 80.9 Å². The van der Waals surface area contributed by atoms with Crippen molar-refractivity contribution in [3.05, 3.63) is 149 Å². The lowest BCUT2D eigenvalue weighted by Crippen LogP contribution is -2.60. The van der Waals surface area contributed by atoms with Crippen molar-refractivity contribution >= 4 is 93.6 Å². The minimum atomic E-state index is -0.264. The molecule has 3 aromatic heterocycles. The van der Waals surface area contributed by atoms with Crippen LogP contribution in [0.3, 0.4) is 0 Å². The smallest absolute Gasteiger partial charge is 0.375 e. The highest BCUT2D eigenvalue weighted by Crippen LogP contribution is 2.61. The second-order valence-electron chi connectivity index (χ2n) is 24.8. The maximum Gasteiger partial charge on any atom is 0.375 e. The molecular formula is C63H59BN2OS. The van der Waals surface area contributed by atoms with Crippen LogP contribution in [-0.4, -0.2) is 11.4 Å². The van der Waals surface area contributed by atoms with E-state index in [9.17, 15) is 0 Å². The van der Waals surface area contributed by atoms with Crippen LogP contribution >= 0.6 is 11.3 Å². The van der Waals surface area contributed by atoms with Crippen molar-refractivity contribution in [1.82, 2.24) is 4.57 Å². The molecule has 336 valence electrons. The molecule has 2 aliphatic heterocycles. The molecular weight excluding hydrogens is 844 g/mol. The minimum absolute atomic E-state index is 0.0182. The van der Waals surface area contributed by atoms with Gasteiger partial charge in [-0.05, 0) is 145 Å². The SMILES string of the molecule is CC(C)(C)c1ccc(N2B3c4oc5ccc(C(C)(C)C)cc5c4-n4c5cc6c(cc5c5c7c(c(c3c54)-c3cc4sc5ccccc5c4cc32)-c2ccccc2C7(C)C)C(C)(C)CCC6(C)C)cc1. The van der Waals surface area contributed by atoms with E-state index in [1.54, 1.807) is 0 Å². The van der Waals surface area contributed by atoms with Gasteiger partial charge in [0.05, 0.1) is 16.7 Å². The van der Waals surface area contributed by atoms with Gasteiger partial charge in [0, 0.05) is 58.7 Å². The molecule has 10 aromatic rings. The minimum Gasteiger partial charge on any atom is -0.466 e. The van der Waals surface area contributed by atoms with Crippen molar-refractivity contribution in [3.63, 3.8) is 0 Å². The van der Waals surface area contributed by atoms with Gasteiger partial charge in [0.2, 0.25) is 0 Å².